The normalized spacial score (nSPS) is 11.2. The van der Waals surface area contributed by atoms with Crippen LogP contribution in [0, 0.1) is 0 Å². The van der Waals surface area contributed by atoms with Gasteiger partial charge in [-0.3, -0.25) is 0 Å². The van der Waals surface area contributed by atoms with E-state index in [1.807, 2.05) is 6.20 Å². The van der Waals surface area contributed by atoms with Gasteiger partial charge in [0.25, 0.3) is 0 Å². The number of hydrogen-bond donors (Lipinski definition) is 0. The van der Waals surface area contributed by atoms with Gasteiger partial charge >= 0.3 is 0 Å². The average molecular weight is 252 g/mol. The van der Waals surface area contributed by atoms with E-state index in [0.29, 0.717) is 0 Å². The predicted molar refractivity (Wildman–Crippen MR) is 72.8 cm³/mol. The van der Waals surface area contributed by atoms with E-state index in [1.165, 1.54) is 11.1 Å². The van der Waals surface area contributed by atoms with Crippen LogP contribution < -0.4 is 0 Å². The molecule has 0 radical (unpaired) electrons. The molecule has 92 valence electrons. The Kier molecular flexibility index (Phi) is 4.08. The highest BCUT2D eigenvalue weighted by atomic mass is 35.5. The molecule has 1 heterocycles. The van der Waals surface area contributed by atoms with Crippen molar-refractivity contribution in [3.8, 4) is 0 Å². The fraction of sp³-hybridized carbons (Fsp3) is 0.429. The highest BCUT2D eigenvalue weighted by Gasteiger charge is 2.07. The first kappa shape index (κ1) is 12.5. The molecule has 0 bridgehead atoms. The van der Waals surface area contributed by atoms with Crippen molar-refractivity contribution >= 4 is 22.5 Å². The maximum absolute atomic E-state index is 6.23. The van der Waals surface area contributed by atoms with Gasteiger partial charge in [0.05, 0.1) is 5.02 Å². The lowest BCUT2D eigenvalue weighted by molar-refractivity contribution is 0.190. The molecule has 0 N–H and O–H groups in total. The summed E-state index contributed by atoms with van der Waals surface area (Å²) >= 11 is 6.23. The van der Waals surface area contributed by atoms with E-state index in [4.69, 9.17) is 16.3 Å². The molecule has 0 unspecified atom stereocenters. The quantitative estimate of drug-likeness (QED) is 0.736. The third-order valence-electron chi connectivity index (χ3n) is 3.05. The SMILES string of the molecule is CCc1ccc2c(Cl)cn(CCCOC)c2c1. The summed E-state index contributed by atoms with van der Waals surface area (Å²) in [5.74, 6) is 0. The third-order valence-corrected chi connectivity index (χ3v) is 3.35. The highest BCUT2D eigenvalue weighted by Crippen LogP contribution is 2.27. The molecule has 1 aromatic heterocycles. The summed E-state index contributed by atoms with van der Waals surface area (Å²) in [7, 11) is 1.73. The minimum atomic E-state index is 0.783. The molecule has 2 rings (SSSR count). The van der Waals surface area contributed by atoms with Crippen molar-refractivity contribution in [1.82, 2.24) is 4.57 Å². The Bertz CT molecular complexity index is 504. The maximum atomic E-state index is 6.23. The summed E-state index contributed by atoms with van der Waals surface area (Å²) < 4.78 is 7.30. The van der Waals surface area contributed by atoms with Crippen LogP contribution in [0.4, 0.5) is 0 Å². The zero-order valence-electron chi connectivity index (χ0n) is 10.4. The molecule has 0 saturated heterocycles. The number of nitrogens with zero attached hydrogens (tertiary/aromatic N) is 1. The van der Waals surface area contributed by atoms with Crippen molar-refractivity contribution < 1.29 is 4.74 Å². The van der Waals surface area contributed by atoms with Gasteiger partial charge in [-0.2, -0.15) is 0 Å². The monoisotopic (exact) mass is 251 g/mol. The first-order valence-electron chi connectivity index (χ1n) is 6.02. The molecule has 2 nitrogen and oxygen atoms in total. The van der Waals surface area contributed by atoms with Crippen LogP contribution in [-0.2, 0) is 17.7 Å². The number of aryl methyl sites for hydroxylation is 2. The molecule has 0 aliphatic rings. The van der Waals surface area contributed by atoms with Crippen LogP contribution in [-0.4, -0.2) is 18.3 Å². The van der Waals surface area contributed by atoms with Crippen molar-refractivity contribution in [3.63, 3.8) is 0 Å². The predicted octanol–water partition coefficient (Wildman–Crippen LogP) is 3.89. The van der Waals surface area contributed by atoms with Crippen LogP contribution in [0.2, 0.25) is 5.02 Å². The molecule has 0 saturated carbocycles. The van der Waals surface area contributed by atoms with Crippen LogP contribution >= 0.6 is 11.6 Å². The molecule has 17 heavy (non-hydrogen) atoms. The van der Waals surface area contributed by atoms with Crippen LogP contribution in [0.5, 0.6) is 0 Å². The molecule has 2 aromatic rings. The van der Waals surface area contributed by atoms with Gasteiger partial charge in [-0.05, 0) is 24.5 Å². The fourth-order valence-corrected chi connectivity index (χ4v) is 2.35. The van der Waals surface area contributed by atoms with Crippen molar-refractivity contribution in [2.45, 2.75) is 26.3 Å². The standard InChI is InChI=1S/C14H18ClNO/c1-3-11-5-6-12-13(15)10-16(14(12)9-11)7-4-8-17-2/h5-6,9-10H,3-4,7-8H2,1-2H3. The van der Waals surface area contributed by atoms with Gasteiger partial charge in [-0.15, -0.1) is 0 Å². The summed E-state index contributed by atoms with van der Waals surface area (Å²) in [5, 5.41) is 1.97. The Morgan fingerprint density at radius 3 is 2.88 bits per heavy atom. The Balaban J connectivity index is 2.34. The minimum Gasteiger partial charge on any atom is -0.385 e. The number of fused-ring (bicyclic) bond motifs is 1. The summed E-state index contributed by atoms with van der Waals surface area (Å²) in [6, 6.07) is 6.49. The second-order valence-corrected chi connectivity index (χ2v) is 4.63. The second-order valence-electron chi connectivity index (χ2n) is 4.22. The van der Waals surface area contributed by atoms with Gasteiger partial charge in [0.1, 0.15) is 0 Å². The van der Waals surface area contributed by atoms with E-state index in [9.17, 15) is 0 Å². The summed E-state index contributed by atoms with van der Waals surface area (Å²) in [5.41, 5.74) is 2.57. The number of methoxy groups -OCH3 is 1. The van der Waals surface area contributed by atoms with Gasteiger partial charge in [-0.1, -0.05) is 30.7 Å². The van der Waals surface area contributed by atoms with E-state index in [-0.39, 0.29) is 0 Å². The lowest BCUT2D eigenvalue weighted by atomic mass is 10.1. The fourth-order valence-electron chi connectivity index (χ4n) is 2.08. The van der Waals surface area contributed by atoms with Crippen molar-refractivity contribution in [1.29, 1.82) is 0 Å². The van der Waals surface area contributed by atoms with E-state index < -0.39 is 0 Å². The zero-order chi connectivity index (χ0) is 12.3. The lowest BCUT2D eigenvalue weighted by Crippen LogP contribution is -2.00. The lowest BCUT2D eigenvalue weighted by Gasteiger charge is -2.05. The average Bonchev–Trinajstić information content (AvgIpc) is 2.66. The summed E-state index contributed by atoms with van der Waals surface area (Å²) in [6.07, 6.45) is 4.07. The minimum absolute atomic E-state index is 0.783. The molecule has 1 aromatic carbocycles. The molecule has 0 aliphatic heterocycles. The topological polar surface area (TPSA) is 14.2 Å². The van der Waals surface area contributed by atoms with Gasteiger partial charge in [-0.25, -0.2) is 0 Å². The largest absolute Gasteiger partial charge is 0.385 e. The smallest absolute Gasteiger partial charge is 0.0661 e. The second kappa shape index (κ2) is 5.56. The number of aromatic nitrogens is 1. The first-order chi connectivity index (χ1) is 8.26. The molecule has 0 fully saturated rings. The summed E-state index contributed by atoms with van der Waals surface area (Å²) in [6.45, 7) is 3.90. The Hall–Kier alpha value is -0.990. The highest BCUT2D eigenvalue weighted by molar-refractivity contribution is 6.35. The number of rotatable bonds is 5. The molecule has 0 spiro atoms. The van der Waals surface area contributed by atoms with Crippen molar-refractivity contribution in [2.24, 2.45) is 0 Å². The zero-order valence-corrected chi connectivity index (χ0v) is 11.1. The maximum Gasteiger partial charge on any atom is 0.0661 e. The molecule has 0 aliphatic carbocycles. The molecular formula is C14H18ClNO. The number of hydrogen-bond acceptors (Lipinski definition) is 1. The van der Waals surface area contributed by atoms with E-state index in [1.54, 1.807) is 7.11 Å². The molecule has 3 heteroatoms. The Morgan fingerprint density at radius 1 is 1.35 bits per heavy atom. The van der Waals surface area contributed by atoms with Crippen LogP contribution in [0.25, 0.3) is 10.9 Å². The van der Waals surface area contributed by atoms with Gasteiger partial charge in [0, 0.05) is 37.4 Å². The Labute approximate surface area is 107 Å². The van der Waals surface area contributed by atoms with E-state index in [0.717, 1.165) is 36.4 Å². The van der Waals surface area contributed by atoms with Crippen molar-refractivity contribution in [3.05, 3.63) is 35.0 Å². The Morgan fingerprint density at radius 2 is 2.18 bits per heavy atom. The van der Waals surface area contributed by atoms with Gasteiger partial charge in [0.2, 0.25) is 0 Å². The first-order valence-corrected chi connectivity index (χ1v) is 6.40. The van der Waals surface area contributed by atoms with Crippen molar-refractivity contribution in [2.75, 3.05) is 13.7 Å². The van der Waals surface area contributed by atoms with E-state index >= 15 is 0 Å². The van der Waals surface area contributed by atoms with Crippen LogP contribution in [0.15, 0.2) is 24.4 Å². The number of halogens is 1. The number of benzene rings is 1. The summed E-state index contributed by atoms with van der Waals surface area (Å²) in [4.78, 5) is 0. The van der Waals surface area contributed by atoms with Crippen LogP contribution in [0.1, 0.15) is 18.9 Å². The molecular weight excluding hydrogens is 234 g/mol. The van der Waals surface area contributed by atoms with Gasteiger partial charge < -0.3 is 9.30 Å². The molecule has 0 atom stereocenters. The number of ether oxygens (including phenoxy) is 1. The third kappa shape index (κ3) is 2.64. The van der Waals surface area contributed by atoms with Crippen LogP contribution in [0.3, 0.4) is 0 Å². The molecule has 0 amide bonds. The van der Waals surface area contributed by atoms with E-state index in [2.05, 4.69) is 29.7 Å². The van der Waals surface area contributed by atoms with Gasteiger partial charge in [0.15, 0.2) is 0 Å².